The molecule has 2 aliphatic rings. The summed E-state index contributed by atoms with van der Waals surface area (Å²) in [6.45, 7) is 3.64. The normalized spacial score (nSPS) is 23.6. The van der Waals surface area contributed by atoms with Gasteiger partial charge in [-0.1, -0.05) is 6.07 Å². The van der Waals surface area contributed by atoms with Crippen molar-refractivity contribution >= 4 is 17.5 Å². The molecule has 2 amide bonds. The van der Waals surface area contributed by atoms with Crippen LogP contribution in [0.3, 0.4) is 0 Å². The van der Waals surface area contributed by atoms with Crippen LogP contribution in [0, 0.1) is 12.8 Å². The van der Waals surface area contributed by atoms with Gasteiger partial charge in [0.2, 0.25) is 11.8 Å². The molecule has 2 saturated heterocycles. The van der Waals surface area contributed by atoms with E-state index in [4.69, 9.17) is 9.47 Å². The van der Waals surface area contributed by atoms with Crippen molar-refractivity contribution in [3.05, 3.63) is 23.8 Å². The molecule has 2 fully saturated rings. The topological polar surface area (TPSA) is 67.9 Å². The number of hydrogen-bond acceptors (Lipinski definition) is 4. The van der Waals surface area contributed by atoms with Crippen LogP contribution in [0.25, 0.3) is 0 Å². The highest BCUT2D eigenvalue weighted by Crippen LogP contribution is 2.33. The molecule has 2 heterocycles. The number of amides is 2. The van der Waals surface area contributed by atoms with Gasteiger partial charge in [-0.2, -0.15) is 0 Å². The number of nitrogens with one attached hydrogen (secondary N) is 1. The first-order chi connectivity index (χ1) is 11.6. The second-order valence-electron chi connectivity index (χ2n) is 6.46. The molecule has 0 unspecified atom stereocenters. The van der Waals surface area contributed by atoms with E-state index >= 15 is 0 Å². The van der Waals surface area contributed by atoms with Gasteiger partial charge >= 0.3 is 0 Å². The third kappa shape index (κ3) is 3.53. The summed E-state index contributed by atoms with van der Waals surface area (Å²) in [7, 11) is 1.58. The highest BCUT2D eigenvalue weighted by Gasteiger charge is 2.36. The van der Waals surface area contributed by atoms with Crippen LogP contribution in [0.1, 0.15) is 24.8 Å². The van der Waals surface area contributed by atoms with Crippen molar-refractivity contribution in [2.45, 2.75) is 32.3 Å². The zero-order valence-electron chi connectivity index (χ0n) is 14.2. The monoisotopic (exact) mass is 332 g/mol. The molecule has 1 aromatic rings. The van der Waals surface area contributed by atoms with E-state index in [2.05, 4.69) is 5.32 Å². The molecule has 0 saturated carbocycles. The lowest BCUT2D eigenvalue weighted by molar-refractivity contribution is -0.126. The fourth-order valence-electron chi connectivity index (χ4n) is 3.29. The van der Waals surface area contributed by atoms with Gasteiger partial charge in [0.1, 0.15) is 5.75 Å². The van der Waals surface area contributed by atoms with Crippen molar-refractivity contribution in [3.8, 4) is 5.75 Å². The molecule has 2 aliphatic heterocycles. The molecule has 0 bridgehead atoms. The standard InChI is InChI=1S/C18H24N2O4/c1-12-5-6-16(23-2)15(8-12)20-11-13(9-17(20)21)18(22)19-10-14-4-3-7-24-14/h5-6,8,13-14H,3-4,7,9-11H2,1-2H3,(H,19,22)/t13-,14+/m1/s1. The molecule has 2 atom stereocenters. The fraction of sp³-hybridized carbons (Fsp3) is 0.556. The Morgan fingerprint density at radius 3 is 3.00 bits per heavy atom. The minimum Gasteiger partial charge on any atom is -0.495 e. The molecule has 0 radical (unpaired) electrons. The number of rotatable bonds is 5. The Kier molecular flexibility index (Phi) is 5.04. The second-order valence-corrected chi connectivity index (χ2v) is 6.46. The molecule has 24 heavy (non-hydrogen) atoms. The lowest BCUT2D eigenvalue weighted by Crippen LogP contribution is -2.37. The van der Waals surface area contributed by atoms with E-state index in [1.807, 2.05) is 25.1 Å². The molecule has 3 rings (SSSR count). The molecule has 130 valence electrons. The van der Waals surface area contributed by atoms with Gasteiger partial charge in [-0.15, -0.1) is 0 Å². The highest BCUT2D eigenvalue weighted by molar-refractivity contribution is 6.01. The van der Waals surface area contributed by atoms with Gasteiger partial charge in [0, 0.05) is 26.1 Å². The summed E-state index contributed by atoms with van der Waals surface area (Å²) >= 11 is 0. The quantitative estimate of drug-likeness (QED) is 0.890. The molecule has 6 nitrogen and oxygen atoms in total. The first-order valence-electron chi connectivity index (χ1n) is 8.43. The maximum absolute atomic E-state index is 12.4. The SMILES string of the molecule is COc1ccc(C)cc1N1C[C@H](C(=O)NC[C@@H]2CCCO2)CC1=O. The number of aryl methyl sites for hydroxylation is 1. The summed E-state index contributed by atoms with van der Waals surface area (Å²) in [5, 5.41) is 2.93. The maximum Gasteiger partial charge on any atom is 0.227 e. The van der Waals surface area contributed by atoms with Crippen LogP contribution in [-0.4, -0.2) is 44.7 Å². The number of nitrogens with zero attached hydrogens (tertiary/aromatic N) is 1. The summed E-state index contributed by atoms with van der Waals surface area (Å²) in [6.07, 6.45) is 2.37. The zero-order valence-corrected chi connectivity index (χ0v) is 14.2. The summed E-state index contributed by atoms with van der Waals surface area (Å²) < 4.78 is 10.9. The molecule has 6 heteroatoms. The molecular formula is C18H24N2O4. The van der Waals surface area contributed by atoms with Crippen molar-refractivity contribution < 1.29 is 19.1 Å². The van der Waals surface area contributed by atoms with Crippen LogP contribution in [0.2, 0.25) is 0 Å². The van der Waals surface area contributed by atoms with Gasteiger partial charge in [0.25, 0.3) is 0 Å². The first kappa shape index (κ1) is 16.8. The Labute approximate surface area is 142 Å². The van der Waals surface area contributed by atoms with E-state index < -0.39 is 0 Å². The van der Waals surface area contributed by atoms with Crippen molar-refractivity contribution in [3.63, 3.8) is 0 Å². The lowest BCUT2D eigenvalue weighted by atomic mass is 10.1. The van der Waals surface area contributed by atoms with Crippen molar-refractivity contribution in [1.82, 2.24) is 5.32 Å². The Bertz CT molecular complexity index is 625. The summed E-state index contributed by atoms with van der Waals surface area (Å²) in [5.74, 6) is 0.197. The van der Waals surface area contributed by atoms with Gasteiger partial charge < -0.3 is 19.7 Å². The summed E-state index contributed by atoms with van der Waals surface area (Å²) in [6, 6.07) is 5.71. The fourth-order valence-corrected chi connectivity index (χ4v) is 3.29. The Morgan fingerprint density at radius 2 is 2.29 bits per heavy atom. The van der Waals surface area contributed by atoms with Crippen LogP contribution in [-0.2, 0) is 14.3 Å². The summed E-state index contributed by atoms with van der Waals surface area (Å²) in [5.41, 5.74) is 1.78. The van der Waals surface area contributed by atoms with E-state index in [-0.39, 0.29) is 30.3 Å². The third-order valence-electron chi connectivity index (χ3n) is 4.65. The predicted octanol–water partition coefficient (Wildman–Crippen LogP) is 1.65. The van der Waals surface area contributed by atoms with Crippen LogP contribution in [0.5, 0.6) is 5.75 Å². The van der Waals surface area contributed by atoms with E-state index in [0.717, 1.165) is 30.7 Å². The number of carbonyl (C=O) groups is 2. The van der Waals surface area contributed by atoms with E-state index in [9.17, 15) is 9.59 Å². The smallest absolute Gasteiger partial charge is 0.227 e. The van der Waals surface area contributed by atoms with Gasteiger partial charge in [-0.25, -0.2) is 0 Å². The van der Waals surface area contributed by atoms with Crippen molar-refractivity contribution in [2.24, 2.45) is 5.92 Å². The largest absolute Gasteiger partial charge is 0.495 e. The number of carbonyl (C=O) groups excluding carboxylic acids is 2. The Morgan fingerprint density at radius 1 is 1.46 bits per heavy atom. The highest BCUT2D eigenvalue weighted by atomic mass is 16.5. The molecule has 0 spiro atoms. The average Bonchev–Trinajstić information content (AvgIpc) is 3.22. The average molecular weight is 332 g/mol. The lowest BCUT2D eigenvalue weighted by Gasteiger charge is -2.20. The second kappa shape index (κ2) is 7.21. The third-order valence-corrected chi connectivity index (χ3v) is 4.65. The van der Waals surface area contributed by atoms with Crippen LogP contribution < -0.4 is 15.0 Å². The van der Waals surface area contributed by atoms with Crippen LogP contribution in [0.15, 0.2) is 18.2 Å². The van der Waals surface area contributed by atoms with Gasteiger partial charge in [-0.3, -0.25) is 9.59 Å². The molecule has 0 aliphatic carbocycles. The minimum absolute atomic E-state index is 0.0452. The number of ether oxygens (including phenoxy) is 2. The van der Waals surface area contributed by atoms with Gasteiger partial charge in [0.15, 0.2) is 0 Å². The summed E-state index contributed by atoms with van der Waals surface area (Å²) in [4.78, 5) is 26.4. The van der Waals surface area contributed by atoms with Crippen molar-refractivity contribution in [1.29, 1.82) is 0 Å². The first-order valence-corrected chi connectivity index (χ1v) is 8.43. The Hall–Kier alpha value is -2.08. The molecule has 0 aromatic heterocycles. The van der Waals surface area contributed by atoms with Crippen LogP contribution in [0.4, 0.5) is 5.69 Å². The zero-order chi connectivity index (χ0) is 17.1. The van der Waals surface area contributed by atoms with Gasteiger partial charge in [-0.05, 0) is 37.5 Å². The predicted molar refractivity (Wildman–Crippen MR) is 90.2 cm³/mol. The molecular weight excluding hydrogens is 308 g/mol. The Balaban J connectivity index is 1.64. The number of anilines is 1. The van der Waals surface area contributed by atoms with Gasteiger partial charge in [0.05, 0.1) is 24.8 Å². The van der Waals surface area contributed by atoms with E-state index in [1.54, 1.807) is 12.0 Å². The maximum atomic E-state index is 12.4. The van der Waals surface area contributed by atoms with E-state index in [0.29, 0.717) is 18.8 Å². The van der Waals surface area contributed by atoms with E-state index in [1.165, 1.54) is 0 Å². The number of methoxy groups -OCH3 is 1. The number of hydrogen-bond donors (Lipinski definition) is 1. The minimum atomic E-state index is -0.330. The number of benzene rings is 1. The molecule has 1 aromatic carbocycles. The van der Waals surface area contributed by atoms with Crippen molar-refractivity contribution in [2.75, 3.05) is 31.7 Å². The molecule has 1 N–H and O–H groups in total. The van der Waals surface area contributed by atoms with Crippen LogP contribution >= 0.6 is 0 Å².